The van der Waals surface area contributed by atoms with Gasteiger partial charge in [-0.1, -0.05) is 37.3 Å². The van der Waals surface area contributed by atoms with E-state index < -0.39 is 17.9 Å². The fourth-order valence-electron chi connectivity index (χ4n) is 2.41. The molecular weight excluding hydrogens is 320 g/mol. The lowest BCUT2D eigenvalue weighted by molar-refractivity contribution is -0.120. The average Bonchev–Trinajstić information content (AvgIpc) is 2.67. The predicted molar refractivity (Wildman–Crippen MR) is 95.5 cm³/mol. The third-order valence-corrected chi connectivity index (χ3v) is 4.03. The van der Waals surface area contributed by atoms with Gasteiger partial charge in [0.1, 0.15) is 5.75 Å². The molecule has 0 saturated carbocycles. The van der Waals surface area contributed by atoms with E-state index in [-0.39, 0.29) is 11.5 Å². The van der Waals surface area contributed by atoms with Gasteiger partial charge in [-0.25, -0.2) is 4.79 Å². The highest BCUT2D eigenvalue weighted by molar-refractivity contribution is 6.02. The third kappa shape index (κ3) is 4.36. The van der Waals surface area contributed by atoms with Crippen molar-refractivity contribution >= 4 is 17.6 Å². The van der Waals surface area contributed by atoms with E-state index in [9.17, 15) is 9.59 Å². The van der Waals surface area contributed by atoms with Crippen molar-refractivity contribution in [1.82, 2.24) is 0 Å². The first-order chi connectivity index (χ1) is 12.0. The Balaban J connectivity index is 2.21. The number of nitrogens with two attached hydrogens (primary N) is 1. The van der Waals surface area contributed by atoms with E-state index in [1.807, 2.05) is 30.3 Å². The summed E-state index contributed by atoms with van der Waals surface area (Å²) < 4.78 is 9.88. The van der Waals surface area contributed by atoms with Crippen LogP contribution in [0.25, 0.3) is 0 Å². The van der Waals surface area contributed by atoms with Gasteiger partial charge in [0, 0.05) is 6.04 Å². The second-order valence-corrected chi connectivity index (χ2v) is 5.62. The van der Waals surface area contributed by atoms with Crippen molar-refractivity contribution in [2.45, 2.75) is 13.0 Å². The molecule has 0 aromatic heterocycles. The number of carbonyl (C=O) groups is 2. The molecule has 2 unspecified atom stereocenters. The van der Waals surface area contributed by atoms with Gasteiger partial charge in [0.05, 0.1) is 31.4 Å². The molecule has 132 valence electrons. The lowest BCUT2D eigenvalue weighted by Crippen LogP contribution is -2.31. The summed E-state index contributed by atoms with van der Waals surface area (Å²) in [6, 6.07) is 13.7. The highest BCUT2D eigenvalue weighted by atomic mass is 16.5. The van der Waals surface area contributed by atoms with E-state index in [0.29, 0.717) is 11.4 Å². The zero-order valence-electron chi connectivity index (χ0n) is 14.5. The lowest BCUT2D eigenvalue weighted by Gasteiger charge is -2.20. The smallest absolute Gasteiger partial charge is 0.340 e. The summed E-state index contributed by atoms with van der Waals surface area (Å²) >= 11 is 0. The molecule has 2 aromatic carbocycles. The average molecular weight is 342 g/mol. The molecule has 0 spiro atoms. The van der Waals surface area contributed by atoms with E-state index in [0.717, 1.165) is 5.56 Å². The molecular formula is C19H22N2O4. The molecule has 1 amide bonds. The third-order valence-electron chi connectivity index (χ3n) is 4.03. The largest absolute Gasteiger partial charge is 0.497 e. The molecule has 0 heterocycles. The van der Waals surface area contributed by atoms with E-state index in [1.165, 1.54) is 20.3 Å². The molecule has 2 atom stereocenters. The van der Waals surface area contributed by atoms with Crippen LogP contribution in [0, 0.1) is 5.92 Å². The monoisotopic (exact) mass is 342 g/mol. The molecule has 0 aliphatic carbocycles. The van der Waals surface area contributed by atoms with Crippen molar-refractivity contribution in [1.29, 1.82) is 0 Å². The minimum atomic E-state index is -0.561. The van der Waals surface area contributed by atoms with Crippen molar-refractivity contribution in [3.05, 3.63) is 59.7 Å². The number of hydrogen-bond acceptors (Lipinski definition) is 5. The zero-order valence-corrected chi connectivity index (χ0v) is 14.5. The molecule has 0 saturated heterocycles. The van der Waals surface area contributed by atoms with Gasteiger partial charge >= 0.3 is 5.97 Å². The molecule has 0 fully saturated rings. The van der Waals surface area contributed by atoms with Gasteiger partial charge in [-0.2, -0.15) is 0 Å². The van der Waals surface area contributed by atoms with Gasteiger partial charge in [-0.15, -0.1) is 0 Å². The minimum absolute atomic E-state index is 0.218. The molecule has 2 aromatic rings. The van der Waals surface area contributed by atoms with Crippen molar-refractivity contribution in [2.24, 2.45) is 11.7 Å². The highest BCUT2D eigenvalue weighted by Crippen LogP contribution is 2.25. The molecule has 0 aliphatic rings. The van der Waals surface area contributed by atoms with Crippen molar-refractivity contribution in [3.8, 4) is 5.75 Å². The number of benzene rings is 2. The number of anilines is 1. The van der Waals surface area contributed by atoms with E-state index in [2.05, 4.69) is 5.32 Å². The van der Waals surface area contributed by atoms with Crippen LogP contribution in [0.1, 0.15) is 28.9 Å². The van der Waals surface area contributed by atoms with Crippen LogP contribution < -0.4 is 15.8 Å². The fraction of sp³-hybridized carbons (Fsp3) is 0.263. The van der Waals surface area contributed by atoms with Crippen molar-refractivity contribution < 1.29 is 19.1 Å². The van der Waals surface area contributed by atoms with Gasteiger partial charge in [0.15, 0.2) is 0 Å². The fourth-order valence-corrected chi connectivity index (χ4v) is 2.41. The van der Waals surface area contributed by atoms with Crippen molar-refractivity contribution in [2.75, 3.05) is 19.5 Å². The van der Waals surface area contributed by atoms with Crippen LogP contribution >= 0.6 is 0 Å². The van der Waals surface area contributed by atoms with E-state index >= 15 is 0 Å². The Labute approximate surface area is 146 Å². The Bertz CT molecular complexity index is 746. The van der Waals surface area contributed by atoms with Gasteiger partial charge in [-0.3, -0.25) is 4.79 Å². The van der Waals surface area contributed by atoms with Crippen LogP contribution in [0.5, 0.6) is 5.75 Å². The molecule has 0 radical (unpaired) electrons. The van der Waals surface area contributed by atoms with Crippen LogP contribution in [0.4, 0.5) is 5.69 Å². The van der Waals surface area contributed by atoms with Crippen LogP contribution in [-0.2, 0) is 9.53 Å². The van der Waals surface area contributed by atoms with Gasteiger partial charge in [0.25, 0.3) is 0 Å². The molecule has 0 aliphatic heterocycles. The summed E-state index contributed by atoms with van der Waals surface area (Å²) in [6.07, 6.45) is 0. The molecule has 6 nitrogen and oxygen atoms in total. The zero-order chi connectivity index (χ0) is 18.4. The van der Waals surface area contributed by atoms with E-state index in [4.69, 9.17) is 15.2 Å². The number of hydrogen-bond donors (Lipinski definition) is 2. The number of carbonyl (C=O) groups excluding carboxylic acids is 2. The minimum Gasteiger partial charge on any atom is -0.497 e. The second kappa shape index (κ2) is 8.30. The Morgan fingerprint density at radius 3 is 2.36 bits per heavy atom. The molecule has 3 N–H and O–H groups in total. The number of rotatable bonds is 6. The first-order valence-corrected chi connectivity index (χ1v) is 7.85. The van der Waals surface area contributed by atoms with Crippen LogP contribution in [0.3, 0.4) is 0 Å². The van der Waals surface area contributed by atoms with E-state index in [1.54, 1.807) is 19.1 Å². The van der Waals surface area contributed by atoms with Crippen molar-refractivity contribution in [3.63, 3.8) is 0 Å². The normalized spacial score (nSPS) is 12.8. The maximum absolute atomic E-state index is 12.6. The Morgan fingerprint density at radius 2 is 1.76 bits per heavy atom. The quantitative estimate of drug-likeness (QED) is 0.788. The van der Waals surface area contributed by atoms with Gasteiger partial charge in [0.2, 0.25) is 5.91 Å². The Morgan fingerprint density at radius 1 is 1.08 bits per heavy atom. The number of ether oxygens (including phenoxy) is 2. The maximum atomic E-state index is 12.6. The predicted octanol–water partition coefficient (Wildman–Crippen LogP) is 2.76. The number of amides is 1. The molecule has 25 heavy (non-hydrogen) atoms. The summed E-state index contributed by atoms with van der Waals surface area (Å²) in [6.45, 7) is 1.74. The summed E-state index contributed by atoms with van der Waals surface area (Å²) in [5.41, 5.74) is 7.63. The van der Waals surface area contributed by atoms with Gasteiger partial charge in [-0.05, 0) is 23.8 Å². The number of methoxy groups -OCH3 is 2. The topological polar surface area (TPSA) is 90.6 Å². The SMILES string of the molecule is COC(=O)c1cc(OC)ccc1NC(=O)C(C)C(N)c1ccccc1. The van der Waals surface area contributed by atoms with Crippen LogP contribution in [-0.4, -0.2) is 26.1 Å². The highest BCUT2D eigenvalue weighted by Gasteiger charge is 2.24. The molecule has 0 bridgehead atoms. The summed E-state index contributed by atoms with van der Waals surface area (Å²) in [5, 5.41) is 2.75. The lowest BCUT2D eigenvalue weighted by atomic mass is 9.94. The Kier molecular flexibility index (Phi) is 6.14. The summed E-state index contributed by atoms with van der Waals surface area (Å²) in [7, 11) is 2.77. The standard InChI is InChI=1S/C19H22N2O4/c1-12(17(20)13-7-5-4-6-8-13)18(22)21-16-10-9-14(24-2)11-15(16)19(23)25-3/h4-12,17H,20H2,1-3H3,(H,21,22). The number of esters is 1. The second-order valence-electron chi connectivity index (χ2n) is 5.62. The van der Waals surface area contributed by atoms with Crippen LogP contribution in [0.2, 0.25) is 0 Å². The van der Waals surface area contributed by atoms with Crippen LogP contribution in [0.15, 0.2) is 48.5 Å². The summed E-state index contributed by atoms with van der Waals surface area (Å²) in [5.74, 6) is -0.844. The molecule has 2 rings (SSSR count). The Hall–Kier alpha value is -2.86. The molecule has 6 heteroatoms. The first kappa shape index (κ1) is 18.5. The first-order valence-electron chi connectivity index (χ1n) is 7.85. The summed E-state index contributed by atoms with van der Waals surface area (Å²) in [4.78, 5) is 24.5. The maximum Gasteiger partial charge on any atom is 0.340 e. The number of nitrogens with one attached hydrogen (secondary N) is 1. The van der Waals surface area contributed by atoms with Gasteiger partial charge < -0.3 is 20.5 Å².